The van der Waals surface area contributed by atoms with Crippen LogP contribution in [-0.4, -0.2) is 16.7 Å². The molecule has 0 aliphatic heterocycles. The van der Waals surface area contributed by atoms with Crippen LogP contribution in [0.2, 0.25) is 0 Å². The Kier molecular flexibility index (Phi) is 3.18. The third-order valence-corrected chi connectivity index (χ3v) is 3.42. The summed E-state index contributed by atoms with van der Waals surface area (Å²) in [6.07, 6.45) is 5.54. The number of nitrogens with zero attached hydrogens (tertiary/aromatic N) is 2. The van der Waals surface area contributed by atoms with Gasteiger partial charge in [0.15, 0.2) is 5.82 Å². The van der Waals surface area contributed by atoms with Crippen molar-refractivity contribution in [3.05, 3.63) is 46.5 Å². The fourth-order valence-corrected chi connectivity index (χ4v) is 2.20. The Morgan fingerprint density at radius 2 is 2.20 bits per heavy atom. The molecule has 5 nitrogen and oxygen atoms in total. The summed E-state index contributed by atoms with van der Waals surface area (Å²) in [6.45, 7) is 1.99. The van der Waals surface area contributed by atoms with Gasteiger partial charge in [-0.25, -0.2) is 4.98 Å². The molecule has 0 saturated heterocycles. The number of nitrogens with one attached hydrogen (secondary N) is 1. The number of rotatable bonds is 4. The maximum Gasteiger partial charge on any atom is 0.293 e. The number of ether oxygens (including phenoxy) is 1. The first-order chi connectivity index (χ1) is 9.69. The van der Waals surface area contributed by atoms with E-state index in [9.17, 15) is 4.79 Å². The standard InChI is InChI=1S/C15H17N3O2/c1-10-3-6-13(20-2)12(9-10)17-14-15(19)18(8-7-16-14)11-4-5-11/h3,6-9,11H,4-5H2,1-2H3,(H,16,17). The van der Waals surface area contributed by atoms with Crippen LogP contribution in [0.3, 0.4) is 0 Å². The highest BCUT2D eigenvalue weighted by Crippen LogP contribution is 2.33. The molecule has 0 atom stereocenters. The Balaban J connectivity index is 1.97. The van der Waals surface area contributed by atoms with Crippen molar-refractivity contribution in [1.82, 2.24) is 9.55 Å². The predicted molar refractivity (Wildman–Crippen MR) is 77.8 cm³/mol. The topological polar surface area (TPSA) is 56.1 Å². The van der Waals surface area contributed by atoms with E-state index in [0.29, 0.717) is 17.6 Å². The van der Waals surface area contributed by atoms with Crippen molar-refractivity contribution in [3.63, 3.8) is 0 Å². The van der Waals surface area contributed by atoms with Crippen LogP contribution in [0, 0.1) is 6.92 Å². The van der Waals surface area contributed by atoms with Gasteiger partial charge in [-0.2, -0.15) is 0 Å². The molecule has 0 unspecified atom stereocenters. The fraction of sp³-hybridized carbons (Fsp3) is 0.333. The van der Waals surface area contributed by atoms with Crippen molar-refractivity contribution < 1.29 is 4.74 Å². The summed E-state index contributed by atoms with van der Waals surface area (Å²) in [6, 6.07) is 6.12. The Morgan fingerprint density at radius 3 is 2.90 bits per heavy atom. The lowest BCUT2D eigenvalue weighted by atomic mass is 10.2. The largest absolute Gasteiger partial charge is 0.495 e. The number of aromatic nitrogens is 2. The van der Waals surface area contributed by atoms with Crippen LogP contribution >= 0.6 is 0 Å². The smallest absolute Gasteiger partial charge is 0.293 e. The molecule has 0 amide bonds. The zero-order chi connectivity index (χ0) is 14.1. The number of aryl methyl sites for hydroxylation is 1. The minimum Gasteiger partial charge on any atom is -0.495 e. The van der Waals surface area contributed by atoms with E-state index in [1.54, 1.807) is 24.1 Å². The highest BCUT2D eigenvalue weighted by atomic mass is 16.5. The van der Waals surface area contributed by atoms with Crippen LogP contribution in [0.25, 0.3) is 0 Å². The molecule has 1 saturated carbocycles. The van der Waals surface area contributed by atoms with Crippen LogP contribution in [-0.2, 0) is 0 Å². The molecule has 5 heteroatoms. The second-order valence-corrected chi connectivity index (χ2v) is 5.05. The van der Waals surface area contributed by atoms with Crippen molar-refractivity contribution >= 4 is 11.5 Å². The quantitative estimate of drug-likeness (QED) is 0.928. The van der Waals surface area contributed by atoms with E-state index in [0.717, 1.165) is 24.1 Å². The van der Waals surface area contributed by atoms with Crippen molar-refractivity contribution in [2.75, 3.05) is 12.4 Å². The summed E-state index contributed by atoms with van der Waals surface area (Å²) in [5.41, 5.74) is 1.76. The van der Waals surface area contributed by atoms with Gasteiger partial charge >= 0.3 is 0 Å². The van der Waals surface area contributed by atoms with E-state index in [1.807, 2.05) is 25.1 Å². The fourth-order valence-electron chi connectivity index (χ4n) is 2.20. The summed E-state index contributed by atoms with van der Waals surface area (Å²) in [5, 5.41) is 3.09. The second kappa shape index (κ2) is 5.00. The van der Waals surface area contributed by atoms with Crippen LogP contribution in [0.4, 0.5) is 11.5 Å². The van der Waals surface area contributed by atoms with Crippen LogP contribution in [0.5, 0.6) is 5.75 Å². The summed E-state index contributed by atoms with van der Waals surface area (Å²) in [5.74, 6) is 1.03. The maximum atomic E-state index is 12.3. The zero-order valence-electron chi connectivity index (χ0n) is 11.6. The minimum absolute atomic E-state index is 0.0847. The summed E-state index contributed by atoms with van der Waals surface area (Å²) in [7, 11) is 1.61. The van der Waals surface area contributed by atoms with E-state index in [4.69, 9.17) is 4.74 Å². The van der Waals surface area contributed by atoms with Gasteiger partial charge in [0.25, 0.3) is 5.56 Å². The molecule has 1 aromatic carbocycles. The molecule has 1 fully saturated rings. The van der Waals surface area contributed by atoms with E-state index < -0.39 is 0 Å². The number of benzene rings is 1. The number of anilines is 2. The first-order valence-corrected chi connectivity index (χ1v) is 6.68. The van der Waals surface area contributed by atoms with Gasteiger partial charge in [-0.3, -0.25) is 4.79 Å². The van der Waals surface area contributed by atoms with Gasteiger partial charge < -0.3 is 14.6 Å². The van der Waals surface area contributed by atoms with Gasteiger partial charge in [0, 0.05) is 18.4 Å². The molecule has 3 rings (SSSR count). The maximum absolute atomic E-state index is 12.3. The Hall–Kier alpha value is -2.30. The van der Waals surface area contributed by atoms with Crippen LogP contribution in [0.1, 0.15) is 24.4 Å². The molecule has 104 valence electrons. The summed E-state index contributed by atoms with van der Waals surface area (Å²) < 4.78 is 7.05. The van der Waals surface area contributed by atoms with Gasteiger partial charge in [-0.15, -0.1) is 0 Å². The summed E-state index contributed by atoms with van der Waals surface area (Å²) in [4.78, 5) is 16.5. The molecule has 1 heterocycles. The van der Waals surface area contributed by atoms with Gasteiger partial charge in [-0.1, -0.05) is 6.07 Å². The molecule has 2 aromatic rings. The lowest BCUT2D eigenvalue weighted by Crippen LogP contribution is -2.22. The van der Waals surface area contributed by atoms with Crippen LogP contribution < -0.4 is 15.6 Å². The molecule has 1 aliphatic rings. The van der Waals surface area contributed by atoms with Crippen molar-refractivity contribution in [1.29, 1.82) is 0 Å². The summed E-state index contributed by atoms with van der Waals surface area (Å²) >= 11 is 0. The second-order valence-electron chi connectivity index (χ2n) is 5.05. The lowest BCUT2D eigenvalue weighted by molar-refractivity contribution is 0.416. The molecule has 0 spiro atoms. The van der Waals surface area contributed by atoms with Gasteiger partial charge in [-0.05, 0) is 37.5 Å². The van der Waals surface area contributed by atoms with Gasteiger partial charge in [0.05, 0.1) is 12.8 Å². The minimum atomic E-state index is -0.0847. The molecule has 1 aromatic heterocycles. The number of methoxy groups -OCH3 is 1. The predicted octanol–water partition coefficient (Wildman–Crippen LogP) is 2.64. The number of hydrogen-bond donors (Lipinski definition) is 1. The Labute approximate surface area is 117 Å². The van der Waals surface area contributed by atoms with E-state index >= 15 is 0 Å². The monoisotopic (exact) mass is 271 g/mol. The third kappa shape index (κ3) is 2.39. The van der Waals surface area contributed by atoms with E-state index in [1.165, 1.54) is 0 Å². The molecular weight excluding hydrogens is 254 g/mol. The Morgan fingerprint density at radius 1 is 1.40 bits per heavy atom. The molecule has 1 aliphatic carbocycles. The molecule has 20 heavy (non-hydrogen) atoms. The third-order valence-electron chi connectivity index (χ3n) is 3.42. The van der Waals surface area contributed by atoms with E-state index in [-0.39, 0.29) is 5.56 Å². The Bertz CT molecular complexity index is 690. The average Bonchev–Trinajstić information content (AvgIpc) is 3.26. The first kappa shape index (κ1) is 12.7. The van der Waals surface area contributed by atoms with Crippen molar-refractivity contribution in [2.45, 2.75) is 25.8 Å². The zero-order valence-corrected chi connectivity index (χ0v) is 11.6. The first-order valence-electron chi connectivity index (χ1n) is 6.68. The van der Waals surface area contributed by atoms with E-state index in [2.05, 4.69) is 10.3 Å². The van der Waals surface area contributed by atoms with Gasteiger partial charge in [0.2, 0.25) is 0 Å². The number of hydrogen-bond acceptors (Lipinski definition) is 4. The normalized spacial score (nSPS) is 14.1. The molecular formula is C15H17N3O2. The van der Waals surface area contributed by atoms with Gasteiger partial charge in [0.1, 0.15) is 5.75 Å². The SMILES string of the molecule is COc1ccc(C)cc1Nc1nccn(C2CC2)c1=O. The van der Waals surface area contributed by atoms with Crippen molar-refractivity contribution in [2.24, 2.45) is 0 Å². The lowest BCUT2D eigenvalue weighted by Gasteiger charge is -2.12. The molecule has 1 N–H and O–H groups in total. The van der Waals surface area contributed by atoms with Crippen molar-refractivity contribution in [3.8, 4) is 5.75 Å². The highest BCUT2D eigenvalue weighted by molar-refractivity contribution is 5.64. The molecule has 0 radical (unpaired) electrons. The van der Waals surface area contributed by atoms with Crippen LogP contribution in [0.15, 0.2) is 35.4 Å². The highest BCUT2D eigenvalue weighted by Gasteiger charge is 2.25. The molecule has 0 bridgehead atoms. The average molecular weight is 271 g/mol.